The van der Waals surface area contributed by atoms with Gasteiger partial charge in [0.1, 0.15) is 0 Å². The average Bonchev–Trinajstić information content (AvgIpc) is 3.51. The monoisotopic (exact) mass is 423 g/mol. The van der Waals surface area contributed by atoms with Crippen LogP contribution in [0.5, 0.6) is 0 Å². The van der Waals surface area contributed by atoms with E-state index in [0.717, 1.165) is 50.8 Å². The van der Waals surface area contributed by atoms with Gasteiger partial charge in [-0.3, -0.25) is 9.89 Å². The van der Waals surface area contributed by atoms with E-state index in [1.165, 1.54) is 11.1 Å². The number of benzene rings is 1. The number of piperidine rings is 1. The minimum Gasteiger partial charge on any atom is -0.461 e. The van der Waals surface area contributed by atoms with E-state index in [2.05, 4.69) is 46.3 Å². The van der Waals surface area contributed by atoms with Crippen molar-refractivity contribution in [1.29, 1.82) is 0 Å². The highest BCUT2D eigenvalue weighted by Crippen LogP contribution is 2.37. The lowest BCUT2D eigenvalue weighted by Gasteiger charge is -2.39. The van der Waals surface area contributed by atoms with Gasteiger partial charge in [-0.05, 0) is 49.8 Å². The van der Waals surface area contributed by atoms with Gasteiger partial charge in [0.2, 0.25) is 5.91 Å². The molecule has 4 rings (SSSR count). The standard InChI is InChI=1S/C25H33N3O3/c1-3-17-9-11-18(12-10-17)20-13-21(22-14-23(27-26-22)25(30)31-4-2)16-28(15-20)24(29)19-7-5-6-8-19/h9-12,14,19-21H,3-8,13,15-16H2,1-2H3,(H,26,27). The van der Waals surface area contributed by atoms with Crippen LogP contribution < -0.4 is 0 Å². The van der Waals surface area contributed by atoms with E-state index >= 15 is 0 Å². The van der Waals surface area contributed by atoms with Gasteiger partial charge in [-0.2, -0.15) is 5.10 Å². The number of hydrogen-bond acceptors (Lipinski definition) is 4. The van der Waals surface area contributed by atoms with Gasteiger partial charge in [-0.1, -0.05) is 44.0 Å². The van der Waals surface area contributed by atoms with Crippen molar-refractivity contribution in [3.63, 3.8) is 0 Å². The summed E-state index contributed by atoms with van der Waals surface area (Å²) in [5.74, 6) is 0.433. The molecule has 1 saturated carbocycles. The van der Waals surface area contributed by atoms with Crippen LogP contribution in [-0.4, -0.2) is 46.7 Å². The fourth-order valence-corrected chi connectivity index (χ4v) is 5.06. The van der Waals surface area contributed by atoms with Gasteiger partial charge in [-0.25, -0.2) is 4.79 Å². The molecular weight excluding hydrogens is 390 g/mol. The molecule has 1 amide bonds. The first kappa shape index (κ1) is 21.6. The van der Waals surface area contributed by atoms with Crippen molar-refractivity contribution in [3.05, 3.63) is 52.8 Å². The molecule has 2 heterocycles. The van der Waals surface area contributed by atoms with Crippen molar-refractivity contribution < 1.29 is 14.3 Å². The van der Waals surface area contributed by atoms with Gasteiger partial charge in [0.15, 0.2) is 5.69 Å². The number of hydrogen-bond donors (Lipinski definition) is 1. The molecule has 0 spiro atoms. The SMILES string of the molecule is CCOC(=O)c1cc(C2CC(c3ccc(CC)cc3)CN(C(=O)C3CCCC3)C2)[nH]n1. The largest absolute Gasteiger partial charge is 0.461 e. The number of aryl methyl sites for hydroxylation is 1. The molecule has 2 aliphatic rings. The van der Waals surface area contributed by atoms with Crippen LogP contribution in [0.4, 0.5) is 0 Å². The van der Waals surface area contributed by atoms with Crippen LogP contribution in [0.1, 0.15) is 85.1 Å². The van der Waals surface area contributed by atoms with E-state index in [9.17, 15) is 9.59 Å². The Labute approximate surface area is 184 Å². The van der Waals surface area contributed by atoms with Crippen LogP contribution in [0.3, 0.4) is 0 Å². The number of carbonyl (C=O) groups is 2. The van der Waals surface area contributed by atoms with Gasteiger partial charge >= 0.3 is 5.97 Å². The Morgan fingerprint density at radius 3 is 2.48 bits per heavy atom. The number of rotatable bonds is 6. The summed E-state index contributed by atoms with van der Waals surface area (Å²) in [6, 6.07) is 10.6. The fourth-order valence-electron chi connectivity index (χ4n) is 5.06. The van der Waals surface area contributed by atoms with E-state index in [4.69, 9.17) is 4.74 Å². The Balaban J connectivity index is 1.57. The molecule has 1 saturated heterocycles. The fraction of sp³-hybridized carbons (Fsp3) is 0.560. The van der Waals surface area contributed by atoms with Crippen molar-refractivity contribution in [3.8, 4) is 0 Å². The molecule has 1 aromatic heterocycles. The number of aromatic amines is 1. The first-order valence-electron chi connectivity index (χ1n) is 11.7. The number of nitrogens with zero attached hydrogens (tertiary/aromatic N) is 2. The van der Waals surface area contributed by atoms with Gasteiger partial charge in [0, 0.05) is 36.5 Å². The lowest BCUT2D eigenvalue weighted by molar-refractivity contribution is -0.137. The van der Waals surface area contributed by atoms with Crippen molar-refractivity contribution in [2.75, 3.05) is 19.7 Å². The summed E-state index contributed by atoms with van der Waals surface area (Å²) in [5.41, 5.74) is 3.81. The molecule has 6 heteroatoms. The quantitative estimate of drug-likeness (QED) is 0.697. The third kappa shape index (κ3) is 4.83. The number of esters is 1. The van der Waals surface area contributed by atoms with E-state index in [0.29, 0.717) is 24.8 Å². The molecule has 1 aliphatic heterocycles. The van der Waals surface area contributed by atoms with Crippen LogP contribution in [0.2, 0.25) is 0 Å². The third-order valence-electron chi connectivity index (χ3n) is 6.85. The molecule has 1 aliphatic carbocycles. The summed E-state index contributed by atoms with van der Waals surface area (Å²) < 4.78 is 5.08. The van der Waals surface area contributed by atoms with Gasteiger partial charge in [0.25, 0.3) is 0 Å². The second kappa shape index (κ2) is 9.67. The molecule has 1 aromatic carbocycles. The second-order valence-corrected chi connectivity index (χ2v) is 8.88. The number of nitrogens with one attached hydrogen (secondary N) is 1. The van der Waals surface area contributed by atoms with Crippen LogP contribution in [-0.2, 0) is 16.0 Å². The zero-order valence-electron chi connectivity index (χ0n) is 18.6. The minimum absolute atomic E-state index is 0.116. The highest BCUT2D eigenvalue weighted by atomic mass is 16.5. The molecule has 31 heavy (non-hydrogen) atoms. The molecular formula is C25H33N3O3. The highest BCUT2D eigenvalue weighted by Gasteiger charge is 2.36. The Hall–Kier alpha value is -2.63. The molecule has 0 radical (unpaired) electrons. The zero-order chi connectivity index (χ0) is 21.8. The normalized spacial score (nSPS) is 21.9. The summed E-state index contributed by atoms with van der Waals surface area (Å²) in [5, 5.41) is 7.22. The summed E-state index contributed by atoms with van der Waals surface area (Å²) in [6.45, 7) is 5.70. The molecule has 2 aromatic rings. The van der Waals surface area contributed by atoms with Crippen molar-refractivity contribution in [1.82, 2.24) is 15.1 Å². The number of likely N-dealkylation sites (tertiary alicyclic amines) is 1. The van der Waals surface area contributed by atoms with E-state index in [-0.39, 0.29) is 17.8 Å². The molecule has 1 N–H and O–H groups in total. The average molecular weight is 424 g/mol. The third-order valence-corrected chi connectivity index (χ3v) is 6.85. The number of amides is 1. The molecule has 0 bridgehead atoms. The predicted octanol–water partition coefficient (Wildman–Crippen LogP) is 4.44. The smallest absolute Gasteiger partial charge is 0.358 e. The minimum atomic E-state index is -0.411. The molecule has 166 valence electrons. The summed E-state index contributed by atoms with van der Waals surface area (Å²) in [7, 11) is 0. The molecule has 6 nitrogen and oxygen atoms in total. The van der Waals surface area contributed by atoms with Crippen LogP contribution in [0.25, 0.3) is 0 Å². The van der Waals surface area contributed by atoms with Crippen LogP contribution in [0, 0.1) is 5.92 Å². The maximum Gasteiger partial charge on any atom is 0.358 e. The van der Waals surface area contributed by atoms with Gasteiger partial charge in [-0.15, -0.1) is 0 Å². The predicted molar refractivity (Wildman–Crippen MR) is 119 cm³/mol. The second-order valence-electron chi connectivity index (χ2n) is 8.88. The lowest BCUT2D eigenvalue weighted by Crippen LogP contribution is -2.44. The van der Waals surface area contributed by atoms with Gasteiger partial charge < -0.3 is 9.64 Å². The molecule has 2 fully saturated rings. The summed E-state index contributed by atoms with van der Waals surface area (Å²) in [4.78, 5) is 27.4. The van der Waals surface area contributed by atoms with Crippen LogP contribution in [0.15, 0.2) is 30.3 Å². The zero-order valence-corrected chi connectivity index (χ0v) is 18.6. The van der Waals surface area contributed by atoms with Gasteiger partial charge in [0.05, 0.1) is 6.61 Å². The Morgan fingerprint density at radius 1 is 1.10 bits per heavy atom. The number of carbonyl (C=O) groups excluding carboxylic acids is 2. The number of ether oxygens (including phenoxy) is 1. The van der Waals surface area contributed by atoms with E-state index in [1.54, 1.807) is 13.0 Å². The highest BCUT2D eigenvalue weighted by molar-refractivity contribution is 5.87. The summed E-state index contributed by atoms with van der Waals surface area (Å²) >= 11 is 0. The summed E-state index contributed by atoms with van der Waals surface area (Å²) in [6.07, 6.45) is 6.26. The van der Waals surface area contributed by atoms with Crippen molar-refractivity contribution >= 4 is 11.9 Å². The first-order valence-corrected chi connectivity index (χ1v) is 11.7. The van der Waals surface area contributed by atoms with Crippen LogP contribution >= 0.6 is 0 Å². The maximum absolute atomic E-state index is 13.3. The van der Waals surface area contributed by atoms with Crippen molar-refractivity contribution in [2.45, 2.75) is 64.2 Å². The van der Waals surface area contributed by atoms with Crippen molar-refractivity contribution in [2.24, 2.45) is 5.92 Å². The Bertz CT molecular complexity index is 899. The molecule has 2 atom stereocenters. The first-order chi connectivity index (χ1) is 15.1. The topological polar surface area (TPSA) is 75.3 Å². The molecule has 2 unspecified atom stereocenters. The lowest BCUT2D eigenvalue weighted by atomic mass is 9.82. The Kier molecular flexibility index (Phi) is 6.73. The number of aromatic nitrogens is 2. The Morgan fingerprint density at radius 2 is 1.81 bits per heavy atom. The maximum atomic E-state index is 13.3. The van der Waals surface area contributed by atoms with E-state index in [1.807, 2.05) is 0 Å². The number of H-pyrrole nitrogens is 1. The van der Waals surface area contributed by atoms with E-state index < -0.39 is 5.97 Å².